The maximum Gasteiger partial charge on any atom is 0.254 e. The van der Waals surface area contributed by atoms with E-state index in [1.54, 1.807) is 9.80 Å². The molecule has 2 heterocycles. The van der Waals surface area contributed by atoms with Crippen molar-refractivity contribution >= 4 is 27.3 Å². The highest BCUT2D eigenvalue weighted by molar-refractivity contribution is 7.89. The molecule has 2 N–H and O–H groups in total. The van der Waals surface area contributed by atoms with Crippen LogP contribution in [0.2, 0.25) is 0 Å². The zero-order chi connectivity index (χ0) is 30.9. The first-order valence-corrected chi connectivity index (χ1v) is 15.9. The zero-order valence-electron chi connectivity index (χ0n) is 24.3. The van der Waals surface area contributed by atoms with Gasteiger partial charge in [0.2, 0.25) is 10.0 Å². The molecule has 1 amide bonds. The first kappa shape index (κ1) is 30.4. The molecule has 0 atom stereocenters. The third-order valence-electron chi connectivity index (χ3n) is 8.62. The van der Waals surface area contributed by atoms with Crippen LogP contribution in [0.15, 0.2) is 53.4 Å². The van der Waals surface area contributed by atoms with Crippen molar-refractivity contribution in [3.8, 4) is 6.07 Å². The van der Waals surface area contributed by atoms with Crippen molar-refractivity contribution < 1.29 is 22.0 Å². The van der Waals surface area contributed by atoms with Gasteiger partial charge in [0.1, 0.15) is 11.0 Å². The van der Waals surface area contributed by atoms with Gasteiger partial charge in [-0.1, -0.05) is 18.2 Å². The second-order valence-electron chi connectivity index (χ2n) is 11.4. The molecule has 3 aromatic rings. The zero-order valence-corrected chi connectivity index (χ0v) is 25.1. The van der Waals surface area contributed by atoms with Crippen LogP contribution in [0.5, 0.6) is 0 Å². The van der Waals surface area contributed by atoms with E-state index in [9.17, 15) is 27.3 Å². The van der Waals surface area contributed by atoms with E-state index < -0.39 is 26.6 Å². The maximum absolute atomic E-state index is 14.0. The van der Waals surface area contributed by atoms with Gasteiger partial charge in [0.15, 0.2) is 11.6 Å². The minimum atomic E-state index is -4.29. The average molecular weight is 608 g/mol. The molecular weight excluding hydrogens is 572 g/mol. The lowest BCUT2D eigenvalue weighted by molar-refractivity contribution is 0.0745. The number of benzene rings is 3. The number of piperazine rings is 1. The Bertz CT molecular complexity index is 1690. The molecule has 0 unspecified atom stereocenters. The molecule has 2 saturated heterocycles. The highest BCUT2D eigenvalue weighted by Gasteiger charge is 2.29. The number of amides is 1. The number of piperidine rings is 1. The van der Waals surface area contributed by atoms with Gasteiger partial charge < -0.3 is 14.7 Å². The first-order valence-electron chi connectivity index (χ1n) is 14.4. The van der Waals surface area contributed by atoms with E-state index >= 15 is 0 Å². The van der Waals surface area contributed by atoms with Gasteiger partial charge in [0, 0.05) is 50.9 Å². The molecule has 2 aliphatic rings. The number of rotatable bonds is 6. The van der Waals surface area contributed by atoms with Crippen LogP contribution in [0, 0.1) is 42.7 Å². The molecule has 0 bridgehead atoms. The van der Waals surface area contributed by atoms with E-state index in [-0.39, 0.29) is 37.8 Å². The lowest BCUT2D eigenvalue weighted by Gasteiger charge is -2.37. The van der Waals surface area contributed by atoms with Crippen LogP contribution in [0.3, 0.4) is 0 Å². The third kappa shape index (κ3) is 6.50. The SMILES string of the molecule is Cc1cc(C)c(C(=O)N2CCN(c3cc(F)c(F)cc3S(N)(=O)=O)CC2)cc1CC1CCN(c2ccccc2C#N)CC1. The lowest BCUT2D eigenvalue weighted by Crippen LogP contribution is -2.49. The maximum atomic E-state index is 14.0. The molecule has 2 fully saturated rings. The van der Waals surface area contributed by atoms with Crippen molar-refractivity contribution in [1.29, 1.82) is 5.26 Å². The Kier molecular flexibility index (Phi) is 8.71. The summed E-state index contributed by atoms with van der Waals surface area (Å²) in [4.78, 5) is 18.8. The van der Waals surface area contributed by atoms with Gasteiger partial charge in [-0.15, -0.1) is 0 Å². The van der Waals surface area contributed by atoms with Gasteiger partial charge in [0.05, 0.1) is 16.9 Å². The number of carbonyl (C=O) groups is 1. The Morgan fingerprint density at radius 2 is 1.53 bits per heavy atom. The van der Waals surface area contributed by atoms with Gasteiger partial charge in [-0.3, -0.25) is 4.79 Å². The molecule has 226 valence electrons. The number of para-hydroxylation sites is 1. The molecule has 0 aliphatic carbocycles. The standard InChI is InChI=1S/C32H35F2N5O3S/c1-21-15-22(2)26(17-25(21)16-23-7-9-37(10-8-23)29-6-4-3-5-24(29)20-35)32(40)39-13-11-38(12-14-39)30-18-27(33)28(34)19-31(30)43(36,41)42/h3-6,15,17-19,23H,7-14,16H2,1-2H3,(H2,36,41,42). The van der Waals surface area contributed by atoms with E-state index in [0.29, 0.717) is 23.1 Å². The van der Waals surface area contributed by atoms with Crippen LogP contribution >= 0.6 is 0 Å². The molecule has 2 aliphatic heterocycles. The number of hydrogen-bond acceptors (Lipinski definition) is 6. The Morgan fingerprint density at radius 1 is 0.907 bits per heavy atom. The fraction of sp³-hybridized carbons (Fsp3) is 0.375. The van der Waals surface area contributed by atoms with Crippen LogP contribution in [-0.2, 0) is 16.4 Å². The Balaban J connectivity index is 1.25. The largest absolute Gasteiger partial charge is 0.370 e. The normalized spacial score (nSPS) is 16.3. The van der Waals surface area contributed by atoms with E-state index in [2.05, 4.69) is 24.0 Å². The summed E-state index contributed by atoms with van der Waals surface area (Å²) >= 11 is 0. The number of nitrogens with two attached hydrogens (primary N) is 1. The Labute approximate surface area is 251 Å². The smallest absolute Gasteiger partial charge is 0.254 e. The predicted octanol–water partition coefficient (Wildman–Crippen LogP) is 4.52. The number of primary sulfonamides is 1. The number of halogens is 2. The fourth-order valence-corrected chi connectivity index (χ4v) is 6.94. The number of nitrogens with zero attached hydrogens (tertiary/aromatic N) is 4. The van der Waals surface area contributed by atoms with Crippen molar-refractivity contribution in [1.82, 2.24) is 4.90 Å². The van der Waals surface area contributed by atoms with E-state index in [1.807, 2.05) is 37.3 Å². The molecule has 8 nitrogen and oxygen atoms in total. The van der Waals surface area contributed by atoms with Gasteiger partial charge >= 0.3 is 0 Å². The minimum Gasteiger partial charge on any atom is -0.370 e. The van der Waals surface area contributed by atoms with Crippen LogP contribution < -0.4 is 14.9 Å². The van der Waals surface area contributed by atoms with E-state index in [1.165, 1.54) is 0 Å². The van der Waals surface area contributed by atoms with Crippen LogP contribution in [-0.4, -0.2) is 58.5 Å². The first-order chi connectivity index (χ1) is 20.5. The monoisotopic (exact) mass is 607 g/mol. The highest BCUT2D eigenvalue weighted by atomic mass is 32.2. The van der Waals surface area contributed by atoms with Gasteiger partial charge in [-0.05, 0) is 80.0 Å². The van der Waals surface area contributed by atoms with Gasteiger partial charge in [-0.2, -0.15) is 5.26 Å². The second kappa shape index (κ2) is 12.3. The quantitative estimate of drug-likeness (QED) is 0.441. The molecule has 43 heavy (non-hydrogen) atoms. The van der Waals surface area contributed by atoms with Crippen molar-refractivity contribution in [2.24, 2.45) is 11.1 Å². The topological polar surface area (TPSA) is 111 Å². The molecule has 0 saturated carbocycles. The van der Waals surface area contributed by atoms with Crippen molar-refractivity contribution in [3.63, 3.8) is 0 Å². The molecule has 5 rings (SSSR count). The molecular formula is C32H35F2N5O3S. The third-order valence-corrected chi connectivity index (χ3v) is 9.56. The Morgan fingerprint density at radius 3 is 2.19 bits per heavy atom. The lowest BCUT2D eigenvalue weighted by atomic mass is 9.86. The summed E-state index contributed by atoms with van der Waals surface area (Å²) in [6.45, 7) is 6.78. The summed E-state index contributed by atoms with van der Waals surface area (Å²) < 4.78 is 51.9. The van der Waals surface area contributed by atoms with Crippen molar-refractivity contribution in [3.05, 3.63) is 88.0 Å². The van der Waals surface area contributed by atoms with Gasteiger partial charge in [0.25, 0.3) is 5.91 Å². The van der Waals surface area contributed by atoms with Crippen LogP contribution in [0.4, 0.5) is 20.2 Å². The minimum absolute atomic E-state index is 0.00976. The van der Waals surface area contributed by atoms with E-state index in [0.717, 1.165) is 60.8 Å². The summed E-state index contributed by atoms with van der Waals surface area (Å²) in [5.74, 6) is -2.11. The summed E-state index contributed by atoms with van der Waals surface area (Å²) in [6, 6.07) is 15.5. The van der Waals surface area contributed by atoms with Crippen molar-refractivity contribution in [2.45, 2.75) is 38.0 Å². The van der Waals surface area contributed by atoms with Crippen LogP contribution in [0.1, 0.15) is 45.5 Å². The number of carbonyl (C=O) groups excluding carboxylic acids is 1. The molecule has 3 aromatic carbocycles. The number of hydrogen-bond donors (Lipinski definition) is 1. The molecule has 0 radical (unpaired) electrons. The summed E-state index contributed by atoms with van der Waals surface area (Å²) in [7, 11) is -4.29. The Hall–Kier alpha value is -4.01. The number of nitriles is 1. The second-order valence-corrected chi connectivity index (χ2v) is 12.9. The molecule has 0 spiro atoms. The molecule has 11 heteroatoms. The number of sulfonamides is 1. The molecule has 0 aromatic heterocycles. The highest BCUT2D eigenvalue weighted by Crippen LogP contribution is 2.31. The van der Waals surface area contributed by atoms with Crippen molar-refractivity contribution in [2.75, 3.05) is 49.1 Å². The summed E-state index contributed by atoms with van der Waals surface area (Å²) in [5.41, 5.74) is 5.46. The van der Waals surface area contributed by atoms with E-state index in [4.69, 9.17) is 5.14 Å². The van der Waals surface area contributed by atoms with Gasteiger partial charge in [-0.25, -0.2) is 22.3 Å². The number of anilines is 2. The van der Waals surface area contributed by atoms with Crippen LogP contribution in [0.25, 0.3) is 0 Å². The fourth-order valence-electron chi connectivity index (χ4n) is 6.19. The number of aryl methyl sites for hydroxylation is 2. The summed E-state index contributed by atoms with van der Waals surface area (Å²) in [6.07, 6.45) is 2.84. The average Bonchev–Trinajstić information content (AvgIpc) is 2.99. The predicted molar refractivity (Wildman–Crippen MR) is 162 cm³/mol. The summed E-state index contributed by atoms with van der Waals surface area (Å²) in [5, 5.41) is 14.7.